The van der Waals surface area contributed by atoms with E-state index in [1.54, 1.807) is 6.92 Å². The first-order valence-corrected chi connectivity index (χ1v) is 5.97. The Morgan fingerprint density at radius 2 is 2.21 bits per heavy atom. The number of hydrogen-bond donors (Lipinski definition) is 1. The van der Waals surface area contributed by atoms with E-state index in [0.29, 0.717) is 12.3 Å². The molecule has 0 atom stereocenters. The molecule has 19 heavy (non-hydrogen) atoms. The maximum absolute atomic E-state index is 13.1. The highest BCUT2D eigenvalue weighted by Crippen LogP contribution is 2.26. The lowest BCUT2D eigenvalue weighted by Crippen LogP contribution is -2.12. The van der Waals surface area contributed by atoms with Crippen LogP contribution in [0, 0.1) is 5.82 Å². The Morgan fingerprint density at radius 3 is 2.84 bits per heavy atom. The number of amides is 1. The Hall–Kier alpha value is -2.01. The van der Waals surface area contributed by atoms with Gasteiger partial charge in [0.25, 0.3) is 5.91 Å². The molecule has 1 aromatic heterocycles. The number of furan rings is 1. The minimum absolute atomic E-state index is 0.0665. The first kappa shape index (κ1) is 13.4. The second-order valence-electron chi connectivity index (χ2n) is 3.63. The monoisotopic (exact) mass is 283 g/mol. The summed E-state index contributed by atoms with van der Waals surface area (Å²) in [7, 11) is 0. The summed E-state index contributed by atoms with van der Waals surface area (Å²) in [5.41, 5.74) is 0.362. The minimum Gasteiger partial charge on any atom is -0.492 e. The molecule has 0 radical (unpaired) electrons. The van der Waals surface area contributed by atoms with Crippen LogP contribution in [0.1, 0.15) is 17.5 Å². The quantitative estimate of drug-likeness (QED) is 0.930. The van der Waals surface area contributed by atoms with Crippen LogP contribution < -0.4 is 10.1 Å². The largest absolute Gasteiger partial charge is 0.492 e. The summed E-state index contributed by atoms with van der Waals surface area (Å²) < 4.78 is 23.3. The van der Waals surface area contributed by atoms with E-state index in [1.165, 1.54) is 30.3 Å². The molecule has 0 unspecified atom stereocenters. The van der Waals surface area contributed by atoms with Crippen LogP contribution >= 0.6 is 11.6 Å². The van der Waals surface area contributed by atoms with Crippen molar-refractivity contribution in [3.63, 3.8) is 0 Å². The molecule has 0 aliphatic carbocycles. The molecule has 100 valence electrons. The van der Waals surface area contributed by atoms with Gasteiger partial charge >= 0.3 is 0 Å². The van der Waals surface area contributed by atoms with Gasteiger partial charge in [-0.2, -0.15) is 0 Å². The number of anilines is 1. The lowest BCUT2D eigenvalue weighted by Gasteiger charge is -2.10. The molecule has 1 amide bonds. The Kier molecular flexibility index (Phi) is 4.06. The van der Waals surface area contributed by atoms with E-state index in [1.807, 2.05) is 0 Å². The number of carbonyl (C=O) groups excluding carboxylic acids is 1. The molecule has 2 rings (SSSR count). The minimum atomic E-state index is -0.487. The van der Waals surface area contributed by atoms with Crippen molar-refractivity contribution in [1.29, 1.82) is 0 Å². The Labute approximate surface area is 114 Å². The molecule has 0 fully saturated rings. The lowest BCUT2D eigenvalue weighted by atomic mass is 10.2. The van der Waals surface area contributed by atoms with E-state index < -0.39 is 11.7 Å². The van der Waals surface area contributed by atoms with Gasteiger partial charge in [-0.1, -0.05) is 0 Å². The van der Waals surface area contributed by atoms with Gasteiger partial charge in [-0.25, -0.2) is 4.39 Å². The molecular formula is C13H11ClFNO3. The van der Waals surface area contributed by atoms with E-state index in [2.05, 4.69) is 5.32 Å². The molecule has 0 bridgehead atoms. The molecular weight excluding hydrogens is 273 g/mol. The van der Waals surface area contributed by atoms with Crippen LogP contribution in [-0.4, -0.2) is 12.5 Å². The van der Waals surface area contributed by atoms with E-state index in [9.17, 15) is 9.18 Å². The van der Waals surface area contributed by atoms with Crippen molar-refractivity contribution < 1.29 is 18.3 Å². The standard InChI is InChI=1S/C13H11ClFNO3/c1-2-18-11-7-8(15)3-4-9(11)16-13(17)10-5-6-12(14)19-10/h3-7H,2H2,1H3,(H,16,17). The highest BCUT2D eigenvalue weighted by molar-refractivity contribution is 6.29. The van der Waals surface area contributed by atoms with Crippen LogP contribution in [0.15, 0.2) is 34.7 Å². The summed E-state index contributed by atoms with van der Waals surface area (Å²) in [5, 5.41) is 2.69. The Morgan fingerprint density at radius 1 is 1.42 bits per heavy atom. The maximum Gasteiger partial charge on any atom is 0.291 e. The molecule has 4 nitrogen and oxygen atoms in total. The third-order valence-corrected chi connectivity index (χ3v) is 2.49. The molecule has 0 aliphatic heterocycles. The fourth-order valence-corrected chi connectivity index (χ4v) is 1.64. The third kappa shape index (κ3) is 3.26. The van der Waals surface area contributed by atoms with E-state index in [4.69, 9.17) is 20.8 Å². The number of rotatable bonds is 4. The first-order valence-electron chi connectivity index (χ1n) is 5.59. The number of hydrogen-bond acceptors (Lipinski definition) is 3. The zero-order valence-electron chi connectivity index (χ0n) is 10.1. The molecule has 1 N–H and O–H groups in total. The van der Waals surface area contributed by atoms with Gasteiger partial charge in [0.2, 0.25) is 0 Å². The lowest BCUT2D eigenvalue weighted by molar-refractivity contribution is 0.0996. The predicted octanol–water partition coefficient (Wildman–Crippen LogP) is 3.72. The van der Waals surface area contributed by atoms with Crippen LogP contribution in [0.2, 0.25) is 5.22 Å². The number of benzene rings is 1. The normalized spacial score (nSPS) is 10.3. The molecule has 2 aromatic rings. The molecule has 0 saturated heterocycles. The van der Waals surface area contributed by atoms with E-state index in [0.717, 1.165) is 0 Å². The van der Waals surface area contributed by atoms with Gasteiger partial charge in [0.05, 0.1) is 12.3 Å². The van der Waals surface area contributed by atoms with Crippen LogP contribution in [0.5, 0.6) is 5.75 Å². The first-order chi connectivity index (χ1) is 9.10. The van der Waals surface area contributed by atoms with Crippen LogP contribution in [0.3, 0.4) is 0 Å². The summed E-state index contributed by atoms with van der Waals surface area (Å²) in [6.45, 7) is 2.13. The summed E-state index contributed by atoms with van der Waals surface area (Å²) >= 11 is 5.59. The highest BCUT2D eigenvalue weighted by atomic mass is 35.5. The van der Waals surface area contributed by atoms with Gasteiger partial charge in [-0.3, -0.25) is 4.79 Å². The van der Waals surface area contributed by atoms with Crippen LogP contribution in [0.4, 0.5) is 10.1 Å². The summed E-state index contributed by atoms with van der Waals surface area (Å²) in [6.07, 6.45) is 0. The fraction of sp³-hybridized carbons (Fsp3) is 0.154. The Bertz CT molecular complexity index is 597. The fourth-order valence-electron chi connectivity index (χ4n) is 1.49. The summed E-state index contributed by atoms with van der Waals surface area (Å²) in [5.74, 6) is -0.604. The SMILES string of the molecule is CCOc1cc(F)ccc1NC(=O)c1ccc(Cl)o1. The Balaban J connectivity index is 2.20. The summed E-state index contributed by atoms with van der Waals surface area (Å²) in [6, 6.07) is 6.76. The van der Waals surface area contributed by atoms with Crippen molar-refractivity contribution in [2.45, 2.75) is 6.92 Å². The van der Waals surface area contributed by atoms with Crippen molar-refractivity contribution in [3.05, 3.63) is 47.1 Å². The van der Waals surface area contributed by atoms with Crippen molar-refractivity contribution >= 4 is 23.2 Å². The summed E-state index contributed by atoms with van der Waals surface area (Å²) in [4.78, 5) is 11.9. The number of carbonyl (C=O) groups is 1. The average molecular weight is 284 g/mol. The number of nitrogens with one attached hydrogen (secondary N) is 1. The second kappa shape index (κ2) is 5.75. The van der Waals surface area contributed by atoms with Gasteiger partial charge in [-0.15, -0.1) is 0 Å². The second-order valence-corrected chi connectivity index (χ2v) is 4.00. The molecule has 6 heteroatoms. The average Bonchev–Trinajstić information content (AvgIpc) is 2.80. The van der Waals surface area contributed by atoms with E-state index in [-0.39, 0.29) is 16.7 Å². The molecule has 0 aliphatic rings. The maximum atomic E-state index is 13.1. The molecule has 0 spiro atoms. The molecule has 0 saturated carbocycles. The zero-order chi connectivity index (χ0) is 13.8. The van der Waals surface area contributed by atoms with Gasteiger partial charge in [0, 0.05) is 6.07 Å². The van der Waals surface area contributed by atoms with Crippen molar-refractivity contribution in [2.24, 2.45) is 0 Å². The molecule has 1 heterocycles. The van der Waals surface area contributed by atoms with Gasteiger partial charge in [0.15, 0.2) is 11.0 Å². The highest BCUT2D eigenvalue weighted by Gasteiger charge is 2.14. The zero-order valence-corrected chi connectivity index (χ0v) is 10.8. The third-order valence-electron chi connectivity index (χ3n) is 2.29. The van der Waals surface area contributed by atoms with Crippen LogP contribution in [-0.2, 0) is 0 Å². The topological polar surface area (TPSA) is 51.5 Å². The van der Waals surface area contributed by atoms with Gasteiger partial charge in [0.1, 0.15) is 11.6 Å². The number of ether oxygens (including phenoxy) is 1. The van der Waals surface area contributed by atoms with Crippen LogP contribution in [0.25, 0.3) is 0 Å². The van der Waals surface area contributed by atoms with E-state index >= 15 is 0 Å². The van der Waals surface area contributed by atoms with Crippen molar-refractivity contribution in [1.82, 2.24) is 0 Å². The molecule has 1 aromatic carbocycles. The van der Waals surface area contributed by atoms with Crippen molar-refractivity contribution in [2.75, 3.05) is 11.9 Å². The predicted molar refractivity (Wildman–Crippen MR) is 69.2 cm³/mol. The smallest absolute Gasteiger partial charge is 0.291 e. The van der Waals surface area contributed by atoms with Gasteiger partial charge in [-0.05, 0) is 42.8 Å². The number of halogens is 2. The van der Waals surface area contributed by atoms with Gasteiger partial charge < -0.3 is 14.5 Å². The van der Waals surface area contributed by atoms with Crippen molar-refractivity contribution in [3.8, 4) is 5.75 Å².